The molecule has 0 radical (unpaired) electrons. The molecule has 0 unspecified atom stereocenters. The smallest absolute Gasteiger partial charge is 0.369 e. The van der Waals surface area contributed by atoms with Gasteiger partial charge in [-0.2, -0.15) is 18.2 Å². The van der Waals surface area contributed by atoms with Gasteiger partial charge in [-0.25, -0.2) is 4.98 Å². The van der Waals surface area contributed by atoms with Crippen LogP contribution >= 0.6 is 0 Å². The summed E-state index contributed by atoms with van der Waals surface area (Å²) < 4.78 is 37.5. The van der Waals surface area contributed by atoms with Crippen molar-refractivity contribution < 1.29 is 22.8 Å². The third-order valence-corrected chi connectivity index (χ3v) is 7.42. The second kappa shape index (κ2) is 13.6. The van der Waals surface area contributed by atoms with Gasteiger partial charge in [0.15, 0.2) is 11.8 Å². The monoisotopic (exact) mass is 615 g/mol. The largest absolute Gasteiger partial charge is 0.389 e. The van der Waals surface area contributed by atoms with Crippen LogP contribution in [0.3, 0.4) is 0 Å². The Hall–Kier alpha value is -5.26. The van der Waals surface area contributed by atoms with Gasteiger partial charge in [-0.15, -0.1) is 0 Å². The molecule has 45 heavy (non-hydrogen) atoms. The maximum atomic E-state index is 13.1. The summed E-state index contributed by atoms with van der Waals surface area (Å²) in [5.74, 6) is -0.227. The zero-order valence-electron chi connectivity index (χ0n) is 24.6. The molecule has 1 aliphatic heterocycles. The number of aromatic nitrogens is 2. The van der Waals surface area contributed by atoms with Gasteiger partial charge in [-0.1, -0.05) is 30.3 Å². The van der Waals surface area contributed by atoms with Gasteiger partial charge in [0.2, 0.25) is 5.91 Å². The fourth-order valence-corrected chi connectivity index (χ4v) is 5.11. The predicted molar refractivity (Wildman–Crippen MR) is 168 cm³/mol. The molecule has 0 bridgehead atoms. The molecule has 0 fully saturated rings. The number of nitrogens with one attached hydrogen (secondary N) is 1. The standard InChI is InChI=1S/C33H32F3N7O2/c1-42(21-25-6-2-5-23-7-3-17-38-29(23)25)31(45)24-9-11-26(12-10-24)40-32(37)41-30-27(8-4-18-39-30)22-14-19-43(20-15-22)28(44)13-16-33(34,35)36/h2-12,14,17-18H,13,15-16,19-21H2,1H3,(H3,37,39,40,41). The average Bonchev–Trinajstić information content (AvgIpc) is 3.04. The Balaban J connectivity index is 1.21. The first-order valence-corrected chi connectivity index (χ1v) is 14.4. The van der Waals surface area contributed by atoms with E-state index in [4.69, 9.17) is 5.73 Å². The number of hydrogen-bond donors (Lipinski definition) is 2. The van der Waals surface area contributed by atoms with Crippen LogP contribution in [0.15, 0.2) is 90.2 Å². The molecular formula is C33H32F3N7O2. The number of pyridine rings is 2. The summed E-state index contributed by atoms with van der Waals surface area (Å²) >= 11 is 0. The normalized spacial score (nSPS) is 13.8. The molecule has 4 aromatic rings. The number of fused-ring (bicyclic) bond motifs is 1. The predicted octanol–water partition coefficient (Wildman–Crippen LogP) is 5.92. The number of carbonyl (C=O) groups is 2. The quantitative estimate of drug-likeness (QED) is 0.188. The highest BCUT2D eigenvalue weighted by molar-refractivity contribution is 5.97. The number of halogens is 3. The highest BCUT2D eigenvalue weighted by atomic mass is 19.4. The first-order valence-electron chi connectivity index (χ1n) is 14.4. The van der Waals surface area contributed by atoms with Crippen LogP contribution in [-0.2, 0) is 11.3 Å². The van der Waals surface area contributed by atoms with Crippen LogP contribution in [0.4, 0.5) is 24.7 Å². The van der Waals surface area contributed by atoms with E-state index in [0.29, 0.717) is 36.6 Å². The van der Waals surface area contributed by atoms with E-state index in [0.717, 1.165) is 27.6 Å². The minimum atomic E-state index is -4.37. The van der Waals surface area contributed by atoms with Crippen molar-refractivity contribution in [2.75, 3.05) is 25.5 Å². The van der Waals surface area contributed by atoms with Gasteiger partial charge in [-0.3, -0.25) is 14.6 Å². The highest BCUT2D eigenvalue weighted by Gasteiger charge is 2.29. The second-order valence-corrected chi connectivity index (χ2v) is 10.7. The van der Waals surface area contributed by atoms with E-state index < -0.39 is 24.9 Å². The lowest BCUT2D eigenvalue weighted by Crippen LogP contribution is -2.35. The van der Waals surface area contributed by atoms with Crippen LogP contribution in [0.5, 0.6) is 0 Å². The number of rotatable bonds is 8. The summed E-state index contributed by atoms with van der Waals surface area (Å²) in [6.07, 6.45) is -0.494. The fraction of sp³-hybridized carbons (Fsp3) is 0.242. The van der Waals surface area contributed by atoms with Crippen LogP contribution in [0.25, 0.3) is 16.5 Å². The number of hydrogen-bond acceptors (Lipinski definition) is 5. The fourth-order valence-electron chi connectivity index (χ4n) is 5.11. The Morgan fingerprint density at radius 2 is 1.76 bits per heavy atom. The first-order chi connectivity index (χ1) is 21.6. The van der Waals surface area contributed by atoms with Gasteiger partial charge in [0.05, 0.1) is 11.9 Å². The maximum Gasteiger partial charge on any atom is 0.389 e. The summed E-state index contributed by atoms with van der Waals surface area (Å²) in [7, 11) is 1.75. The lowest BCUT2D eigenvalue weighted by Gasteiger charge is -2.27. The number of nitrogens with zero attached hydrogens (tertiary/aromatic N) is 5. The number of aliphatic imine (C=N–C) groups is 1. The molecule has 2 aromatic heterocycles. The van der Waals surface area contributed by atoms with Crippen LogP contribution in [-0.4, -0.2) is 63.9 Å². The molecule has 0 atom stereocenters. The second-order valence-electron chi connectivity index (χ2n) is 10.7. The number of amides is 2. The molecule has 5 rings (SSSR count). The number of guanidine groups is 1. The molecule has 2 amide bonds. The van der Waals surface area contributed by atoms with E-state index in [1.54, 1.807) is 60.7 Å². The lowest BCUT2D eigenvalue weighted by atomic mass is 10.00. The van der Waals surface area contributed by atoms with Crippen molar-refractivity contribution in [3.05, 3.63) is 102 Å². The molecule has 3 N–H and O–H groups in total. The zero-order valence-corrected chi connectivity index (χ0v) is 24.6. The van der Waals surface area contributed by atoms with E-state index in [1.165, 1.54) is 4.90 Å². The topological polar surface area (TPSA) is 117 Å². The lowest BCUT2D eigenvalue weighted by molar-refractivity contribution is -0.148. The Bertz CT molecular complexity index is 1750. The number of para-hydroxylation sites is 1. The minimum Gasteiger partial charge on any atom is -0.369 e. The van der Waals surface area contributed by atoms with Crippen molar-refractivity contribution in [3.63, 3.8) is 0 Å². The van der Waals surface area contributed by atoms with Gasteiger partial charge in [0.25, 0.3) is 5.91 Å². The molecule has 0 saturated carbocycles. The van der Waals surface area contributed by atoms with Crippen LogP contribution in [0.2, 0.25) is 0 Å². The molecule has 0 aliphatic carbocycles. The minimum absolute atomic E-state index is 0.0787. The third kappa shape index (κ3) is 8.02. The molecular weight excluding hydrogens is 583 g/mol. The molecule has 9 nitrogen and oxygen atoms in total. The molecule has 0 saturated heterocycles. The Labute approximate surface area is 258 Å². The van der Waals surface area contributed by atoms with Crippen LogP contribution in [0, 0.1) is 0 Å². The molecule has 0 spiro atoms. The molecule has 1 aliphatic rings. The maximum absolute atomic E-state index is 13.1. The number of anilines is 1. The van der Waals surface area contributed by atoms with Gasteiger partial charge in [-0.05, 0) is 60.0 Å². The molecule has 12 heteroatoms. The molecule has 3 heterocycles. The number of carbonyl (C=O) groups excluding carboxylic acids is 2. The van der Waals surface area contributed by atoms with E-state index in [1.807, 2.05) is 36.4 Å². The number of alkyl halides is 3. The van der Waals surface area contributed by atoms with Crippen molar-refractivity contribution in [1.82, 2.24) is 19.8 Å². The summed E-state index contributed by atoms with van der Waals surface area (Å²) in [6, 6.07) is 20.2. The summed E-state index contributed by atoms with van der Waals surface area (Å²) in [4.78, 5) is 41.6. The first kappa shape index (κ1) is 31.2. The SMILES string of the molecule is CN(Cc1cccc2cccnc12)C(=O)c1ccc(NC(N)=Nc2ncccc2C2=CCN(C(=O)CCC(F)(F)F)CC2)cc1. The van der Waals surface area contributed by atoms with E-state index in [-0.39, 0.29) is 18.4 Å². The van der Waals surface area contributed by atoms with Crippen LogP contribution in [0.1, 0.15) is 40.7 Å². The van der Waals surface area contributed by atoms with E-state index >= 15 is 0 Å². The van der Waals surface area contributed by atoms with Crippen molar-refractivity contribution in [3.8, 4) is 0 Å². The van der Waals surface area contributed by atoms with E-state index in [9.17, 15) is 22.8 Å². The highest BCUT2D eigenvalue weighted by Crippen LogP contribution is 2.30. The Kier molecular flexibility index (Phi) is 9.41. The van der Waals surface area contributed by atoms with Gasteiger partial charge >= 0.3 is 6.18 Å². The van der Waals surface area contributed by atoms with Crippen LogP contribution < -0.4 is 11.1 Å². The summed E-state index contributed by atoms with van der Waals surface area (Å²) in [6.45, 7) is 0.909. The summed E-state index contributed by atoms with van der Waals surface area (Å²) in [5, 5.41) is 4.03. The van der Waals surface area contributed by atoms with Crippen molar-refractivity contribution in [2.45, 2.75) is 32.0 Å². The van der Waals surface area contributed by atoms with Gasteiger partial charge in [0, 0.05) is 67.7 Å². The third-order valence-electron chi connectivity index (χ3n) is 7.42. The Morgan fingerprint density at radius 1 is 1.02 bits per heavy atom. The van der Waals surface area contributed by atoms with Crippen molar-refractivity contribution in [2.24, 2.45) is 10.7 Å². The number of benzene rings is 2. The van der Waals surface area contributed by atoms with Gasteiger partial charge in [0.1, 0.15) is 0 Å². The zero-order chi connectivity index (χ0) is 32.0. The van der Waals surface area contributed by atoms with Crippen molar-refractivity contribution >= 4 is 45.8 Å². The van der Waals surface area contributed by atoms with Crippen molar-refractivity contribution in [1.29, 1.82) is 0 Å². The molecule has 2 aromatic carbocycles. The Morgan fingerprint density at radius 3 is 2.49 bits per heavy atom. The van der Waals surface area contributed by atoms with E-state index in [2.05, 4.69) is 20.3 Å². The van der Waals surface area contributed by atoms with Gasteiger partial charge < -0.3 is 20.9 Å². The number of nitrogens with two attached hydrogens (primary N) is 1. The molecule has 232 valence electrons. The average molecular weight is 616 g/mol. The summed E-state index contributed by atoms with van der Waals surface area (Å²) in [5.41, 5.74) is 10.7.